The number of carboxylic acids is 1. The fraction of sp³-hybridized carbons (Fsp3) is 0.222. The van der Waals surface area contributed by atoms with E-state index in [2.05, 4.69) is 26.0 Å². The quantitative estimate of drug-likeness (QED) is 0.856. The molecule has 1 N–H and O–H groups in total. The van der Waals surface area contributed by atoms with Crippen LogP contribution in [0.4, 0.5) is 0 Å². The first-order valence-electron chi connectivity index (χ1n) is 4.24. The van der Waals surface area contributed by atoms with E-state index in [0.29, 0.717) is 21.3 Å². The van der Waals surface area contributed by atoms with Gasteiger partial charge in [0.15, 0.2) is 5.65 Å². The lowest BCUT2D eigenvalue weighted by Gasteiger charge is -2.00. The average molecular weight is 270 g/mol. The van der Waals surface area contributed by atoms with E-state index in [9.17, 15) is 4.79 Å². The first-order valence-corrected chi connectivity index (χ1v) is 5.03. The van der Waals surface area contributed by atoms with Crippen molar-refractivity contribution in [2.75, 3.05) is 0 Å². The second-order valence-corrected chi connectivity index (χ2v) is 3.96. The van der Waals surface area contributed by atoms with E-state index in [1.807, 2.05) is 0 Å². The zero-order chi connectivity index (χ0) is 11.2. The molecule has 0 atom stereocenters. The predicted octanol–water partition coefficient (Wildman–Crippen LogP) is 1.74. The maximum Gasteiger partial charge on any atom is 0.337 e. The number of carbonyl (C=O) groups is 1. The number of nitrogens with zero attached hydrogens (tertiary/aromatic N) is 3. The highest BCUT2D eigenvalue weighted by atomic mass is 79.9. The van der Waals surface area contributed by atoms with Crippen LogP contribution < -0.4 is 0 Å². The van der Waals surface area contributed by atoms with Crippen molar-refractivity contribution in [3.8, 4) is 0 Å². The molecule has 2 aromatic heterocycles. The number of carboxylic acid groups (broad SMARTS) is 1. The minimum atomic E-state index is -0.974. The van der Waals surface area contributed by atoms with E-state index < -0.39 is 5.97 Å². The van der Waals surface area contributed by atoms with Crippen molar-refractivity contribution in [1.29, 1.82) is 0 Å². The van der Waals surface area contributed by atoms with E-state index in [1.165, 1.54) is 0 Å². The molecule has 0 aliphatic rings. The largest absolute Gasteiger partial charge is 0.478 e. The van der Waals surface area contributed by atoms with Gasteiger partial charge in [-0.1, -0.05) is 0 Å². The van der Waals surface area contributed by atoms with E-state index >= 15 is 0 Å². The molecule has 78 valence electrons. The van der Waals surface area contributed by atoms with Gasteiger partial charge in [0.05, 0.1) is 16.6 Å². The topological polar surface area (TPSA) is 68.0 Å². The van der Waals surface area contributed by atoms with Gasteiger partial charge in [-0.25, -0.2) is 14.5 Å². The molecule has 15 heavy (non-hydrogen) atoms. The van der Waals surface area contributed by atoms with Crippen LogP contribution in [0, 0.1) is 6.92 Å². The molecule has 0 amide bonds. The summed E-state index contributed by atoms with van der Waals surface area (Å²) in [6.45, 7) is 1.67. The smallest absolute Gasteiger partial charge is 0.337 e. The Morgan fingerprint density at radius 1 is 1.60 bits per heavy atom. The van der Waals surface area contributed by atoms with Crippen LogP contribution in [0.3, 0.4) is 0 Å². The molecule has 0 aliphatic carbocycles. The summed E-state index contributed by atoms with van der Waals surface area (Å²) in [4.78, 5) is 15.1. The van der Waals surface area contributed by atoms with Gasteiger partial charge in [0.1, 0.15) is 4.60 Å². The van der Waals surface area contributed by atoms with Crippen molar-refractivity contribution in [1.82, 2.24) is 14.8 Å². The van der Waals surface area contributed by atoms with Crippen LogP contribution in [-0.2, 0) is 7.05 Å². The number of halogens is 1. The molecule has 0 saturated heterocycles. The number of pyridine rings is 1. The number of hydrogen-bond acceptors (Lipinski definition) is 3. The molecule has 0 unspecified atom stereocenters. The van der Waals surface area contributed by atoms with E-state index in [0.717, 1.165) is 0 Å². The third-order valence-corrected chi connectivity index (χ3v) is 2.78. The van der Waals surface area contributed by atoms with Gasteiger partial charge in [-0.15, -0.1) is 0 Å². The van der Waals surface area contributed by atoms with E-state index in [1.54, 1.807) is 24.7 Å². The van der Waals surface area contributed by atoms with Crippen molar-refractivity contribution in [2.45, 2.75) is 6.92 Å². The number of aromatic nitrogens is 3. The van der Waals surface area contributed by atoms with Crippen LogP contribution in [0.25, 0.3) is 11.0 Å². The summed E-state index contributed by atoms with van der Waals surface area (Å²) in [5, 5.41) is 13.8. The molecule has 0 bridgehead atoms. The number of hydrogen-bond donors (Lipinski definition) is 1. The fourth-order valence-corrected chi connectivity index (χ4v) is 1.97. The van der Waals surface area contributed by atoms with Gasteiger partial charge in [-0.3, -0.25) is 0 Å². The molecule has 0 radical (unpaired) electrons. The monoisotopic (exact) mass is 269 g/mol. The van der Waals surface area contributed by atoms with Crippen LogP contribution in [0.5, 0.6) is 0 Å². The number of fused-ring (bicyclic) bond motifs is 1. The Morgan fingerprint density at radius 3 is 2.87 bits per heavy atom. The van der Waals surface area contributed by atoms with Gasteiger partial charge in [-0.2, -0.15) is 5.10 Å². The van der Waals surface area contributed by atoms with Gasteiger partial charge in [0.25, 0.3) is 0 Å². The zero-order valence-corrected chi connectivity index (χ0v) is 9.74. The van der Waals surface area contributed by atoms with Crippen molar-refractivity contribution in [2.24, 2.45) is 7.05 Å². The third kappa shape index (κ3) is 1.50. The second-order valence-electron chi connectivity index (χ2n) is 3.21. The Balaban J connectivity index is 2.85. The number of rotatable bonds is 1. The number of aromatic carboxylic acids is 1. The summed E-state index contributed by atoms with van der Waals surface area (Å²) in [7, 11) is 1.76. The van der Waals surface area contributed by atoms with Crippen molar-refractivity contribution in [3.63, 3.8) is 0 Å². The minimum absolute atomic E-state index is 0.205. The molecule has 6 heteroatoms. The summed E-state index contributed by atoms with van der Waals surface area (Å²) >= 11 is 3.26. The first kappa shape index (κ1) is 10.1. The Bertz CT molecular complexity index is 562. The lowest BCUT2D eigenvalue weighted by molar-refractivity contribution is 0.0696. The van der Waals surface area contributed by atoms with Crippen molar-refractivity contribution >= 4 is 32.9 Å². The second kappa shape index (κ2) is 3.30. The van der Waals surface area contributed by atoms with Gasteiger partial charge >= 0.3 is 5.97 Å². The first-order chi connectivity index (χ1) is 7.00. The van der Waals surface area contributed by atoms with Crippen molar-refractivity contribution < 1.29 is 9.90 Å². The van der Waals surface area contributed by atoms with Crippen molar-refractivity contribution in [3.05, 3.63) is 21.9 Å². The Kier molecular flexibility index (Phi) is 2.22. The third-order valence-electron chi connectivity index (χ3n) is 2.19. The highest BCUT2D eigenvalue weighted by Crippen LogP contribution is 2.23. The van der Waals surface area contributed by atoms with Crippen LogP contribution in [-0.4, -0.2) is 25.8 Å². The van der Waals surface area contributed by atoms with Crippen LogP contribution >= 0.6 is 15.9 Å². The molecule has 0 fully saturated rings. The molecule has 2 aromatic rings. The molecule has 0 aliphatic heterocycles. The fourth-order valence-electron chi connectivity index (χ4n) is 1.44. The highest BCUT2D eigenvalue weighted by molar-refractivity contribution is 9.10. The highest BCUT2D eigenvalue weighted by Gasteiger charge is 2.14. The maximum atomic E-state index is 10.9. The number of aryl methyl sites for hydroxylation is 2. The van der Waals surface area contributed by atoms with Crippen LogP contribution in [0.1, 0.15) is 16.1 Å². The molecule has 2 rings (SSSR count). The maximum absolute atomic E-state index is 10.9. The Labute approximate surface area is 93.9 Å². The van der Waals surface area contributed by atoms with Crippen LogP contribution in [0.15, 0.2) is 10.7 Å². The molecule has 0 saturated carbocycles. The van der Waals surface area contributed by atoms with E-state index in [-0.39, 0.29) is 5.56 Å². The van der Waals surface area contributed by atoms with Gasteiger partial charge in [0, 0.05) is 7.05 Å². The SMILES string of the molecule is Cc1nc2c(cc1C(=O)O)c(Br)nn2C. The summed E-state index contributed by atoms with van der Waals surface area (Å²) in [5.41, 5.74) is 1.37. The Morgan fingerprint density at radius 2 is 2.27 bits per heavy atom. The normalized spacial score (nSPS) is 10.9. The lowest BCUT2D eigenvalue weighted by atomic mass is 10.2. The zero-order valence-electron chi connectivity index (χ0n) is 8.15. The molecular weight excluding hydrogens is 262 g/mol. The van der Waals surface area contributed by atoms with Gasteiger partial charge in [0.2, 0.25) is 0 Å². The summed E-state index contributed by atoms with van der Waals surface area (Å²) < 4.78 is 2.22. The Hall–Kier alpha value is -1.43. The molecule has 5 nitrogen and oxygen atoms in total. The molecule has 0 aromatic carbocycles. The summed E-state index contributed by atoms with van der Waals surface area (Å²) in [6.07, 6.45) is 0. The average Bonchev–Trinajstić information content (AvgIpc) is 2.41. The molecule has 0 spiro atoms. The van der Waals surface area contributed by atoms with Gasteiger partial charge in [-0.05, 0) is 28.9 Å². The standard InChI is InChI=1S/C9H8BrN3O2/c1-4-5(9(14)15)3-6-7(10)12-13(2)8(6)11-4/h3H,1-2H3,(H,14,15). The molecular formula is C9H8BrN3O2. The summed E-state index contributed by atoms with van der Waals surface area (Å²) in [6, 6.07) is 1.58. The predicted molar refractivity (Wildman–Crippen MR) is 57.9 cm³/mol. The van der Waals surface area contributed by atoms with Gasteiger partial charge < -0.3 is 5.11 Å². The lowest BCUT2D eigenvalue weighted by Crippen LogP contribution is -2.02. The minimum Gasteiger partial charge on any atom is -0.478 e. The summed E-state index contributed by atoms with van der Waals surface area (Å²) in [5.74, 6) is -0.974. The van der Waals surface area contributed by atoms with Crippen LogP contribution in [0.2, 0.25) is 0 Å². The van der Waals surface area contributed by atoms with E-state index in [4.69, 9.17) is 5.11 Å². The molecule has 2 heterocycles.